The van der Waals surface area contributed by atoms with Crippen molar-refractivity contribution in [3.63, 3.8) is 0 Å². The van der Waals surface area contributed by atoms with Crippen LogP contribution in [0.5, 0.6) is 0 Å². The first-order chi connectivity index (χ1) is 6.54. The van der Waals surface area contributed by atoms with Gasteiger partial charge in [0.2, 0.25) is 5.91 Å². The lowest BCUT2D eigenvalue weighted by molar-refractivity contribution is -0.182. The second kappa shape index (κ2) is 4.80. The summed E-state index contributed by atoms with van der Waals surface area (Å²) in [4.78, 5) is 10.5. The predicted molar refractivity (Wildman–Crippen MR) is 47.7 cm³/mol. The highest BCUT2D eigenvalue weighted by atomic mass is 19.4. The van der Waals surface area contributed by atoms with Crippen LogP contribution in [-0.2, 0) is 4.79 Å². The Balaban J connectivity index is 4.17. The normalized spacial score (nSPS) is 15.1. The number of halogens is 3. The second-order valence-corrected chi connectivity index (χ2v) is 3.77. The third-order valence-corrected chi connectivity index (χ3v) is 1.73. The van der Waals surface area contributed by atoms with E-state index in [-0.39, 0.29) is 6.54 Å². The Bertz CT molecular complexity index is 223. The lowest BCUT2D eigenvalue weighted by Crippen LogP contribution is -2.43. The lowest BCUT2D eigenvalue weighted by atomic mass is 10.0. The van der Waals surface area contributed by atoms with Gasteiger partial charge in [0.15, 0.2) is 0 Å². The Labute approximate surface area is 85.6 Å². The molecule has 0 rings (SSSR count). The molecule has 0 aromatic carbocycles. The smallest absolute Gasteiger partial charge is 0.376 e. The minimum Gasteiger partial charge on any atom is -0.376 e. The van der Waals surface area contributed by atoms with Crippen LogP contribution in [0.2, 0.25) is 0 Å². The number of amides is 1. The van der Waals surface area contributed by atoms with E-state index >= 15 is 0 Å². The molecule has 0 aromatic rings. The molecule has 0 heterocycles. The molecule has 4 nitrogen and oxygen atoms in total. The summed E-state index contributed by atoms with van der Waals surface area (Å²) in [6, 6.07) is 0. The van der Waals surface area contributed by atoms with Gasteiger partial charge in [-0.3, -0.25) is 10.1 Å². The molecule has 1 amide bonds. The van der Waals surface area contributed by atoms with Crippen LogP contribution in [-0.4, -0.2) is 29.5 Å². The summed E-state index contributed by atoms with van der Waals surface area (Å²) in [7, 11) is 0. The zero-order chi connectivity index (χ0) is 12.3. The summed E-state index contributed by atoms with van der Waals surface area (Å²) in [6.45, 7) is 2.64. The molecule has 15 heavy (non-hydrogen) atoms. The van der Waals surface area contributed by atoms with Crippen LogP contribution in [0.25, 0.3) is 0 Å². The van der Waals surface area contributed by atoms with Crippen LogP contribution >= 0.6 is 0 Å². The van der Waals surface area contributed by atoms with Crippen molar-refractivity contribution >= 4 is 5.91 Å². The Hall–Kier alpha value is -0.820. The maximum Gasteiger partial charge on any atom is 0.400 e. The SMILES string of the molecule is CC(C)(O)NCCC(C(N)=O)C(F)(F)F. The number of aliphatic hydroxyl groups is 1. The molecule has 4 N–H and O–H groups in total. The molecular weight excluding hydrogens is 213 g/mol. The maximum atomic E-state index is 12.2. The van der Waals surface area contributed by atoms with Gasteiger partial charge in [-0.05, 0) is 26.8 Å². The van der Waals surface area contributed by atoms with E-state index in [9.17, 15) is 18.0 Å². The van der Waals surface area contributed by atoms with E-state index in [2.05, 4.69) is 11.1 Å². The molecule has 0 aromatic heterocycles. The Morgan fingerprint density at radius 3 is 2.20 bits per heavy atom. The van der Waals surface area contributed by atoms with Crippen molar-refractivity contribution in [2.75, 3.05) is 6.54 Å². The van der Waals surface area contributed by atoms with Crippen molar-refractivity contribution in [3.8, 4) is 0 Å². The van der Waals surface area contributed by atoms with Crippen LogP contribution < -0.4 is 11.1 Å². The molecular formula is C8H15F3N2O2. The van der Waals surface area contributed by atoms with Crippen molar-refractivity contribution in [1.82, 2.24) is 5.32 Å². The van der Waals surface area contributed by atoms with E-state index in [0.29, 0.717) is 0 Å². The van der Waals surface area contributed by atoms with E-state index in [4.69, 9.17) is 5.11 Å². The van der Waals surface area contributed by atoms with Gasteiger partial charge in [0, 0.05) is 0 Å². The molecule has 0 aliphatic rings. The topological polar surface area (TPSA) is 75.3 Å². The summed E-state index contributed by atoms with van der Waals surface area (Å²) in [5.41, 5.74) is 3.35. The zero-order valence-electron chi connectivity index (χ0n) is 8.56. The number of alkyl halides is 3. The van der Waals surface area contributed by atoms with Gasteiger partial charge in [-0.1, -0.05) is 0 Å². The number of rotatable bonds is 5. The number of nitrogens with one attached hydrogen (secondary N) is 1. The largest absolute Gasteiger partial charge is 0.400 e. The highest BCUT2D eigenvalue weighted by Crippen LogP contribution is 2.28. The molecule has 0 aliphatic heterocycles. The minimum absolute atomic E-state index is 0.142. The third kappa shape index (κ3) is 6.29. The van der Waals surface area contributed by atoms with Gasteiger partial charge in [-0.2, -0.15) is 13.2 Å². The highest BCUT2D eigenvalue weighted by molar-refractivity contribution is 5.77. The zero-order valence-corrected chi connectivity index (χ0v) is 8.56. The molecule has 7 heteroatoms. The fourth-order valence-electron chi connectivity index (χ4n) is 0.990. The van der Waals surface area contributed by atoms with Gasteiger partial charge < -0.3 is 10.8 Å². The van der Waals surface area contributed by atoms with E-state index in [1.807, 2.05) is 0 Å². The van der Waals surface area contributed by atoms with E-state index < -0.39 is 30.1 Å². The van der Waals surface area contributed by atoms with Crippen molar-refractivity contribution in [2.45, 2.75) is 32.2 Å². The molecule has 0 fully saturated rings. The van der Waals surface area contributed by atoms with Crippen LogP contribution in [0, 0.1) is 5.92 Å². The number of nitrogens with two attached hydrogens (primary N) is 1. The first-order valence-electron chi connectivity index (χ1n) is 4.37. The molecule has 0 radical (unpaired) electrons. The number of hydrogen-bond donors (Lipinski definition) is 3. The number of hydrogen-bond acceptors (Lipinski definition) is 3. The molecule has 0 aliphatic carbocycles. The quantitative estimate of drug-likeness (QED) is 0.595. The Morgan fingerprint density at radius 2 is 1.93 bits per heavy atom. The van der Waals surface area contributed by atoms with Crippen molar-refractivity contribution < 1.29 is 23.1 Å². The van der Waals surface area contributed by atoms with E-state index in [0.717, 1.165) is 0 Å². The summed E-state index contributed by atoms with van der Waals surface area (Å²) in [5.74, 6) is -3.58. The molecule has 0 bridgehead atoms. The average molecular weight is 228 g/mol. The minimum atomic E-state index is -4.63. The van der Waals surface area contributed by atoms with Gasteiger partial charge in [-0.15, -0.1) is 0 Å². The first-order valence-corrected chi connectivity index (χ1v) is 4.37. The lowest BCUT2D eigenvalue weighted by Gasteiger charge is -2.22. The molecule has 0 saturated heterocycles. The molecule has 1 unspecified atom stereocenters. The fourth-order valence-corrected chi connectivity index (χ4v) is 0.990. The fraction of sp³-hybridized carbons (Fsp3) is 0.875. The van der Waals surface area contributed by atoms with E-state index in [1.54, 1.807) is 0 Å². The average Bonchev–Trinajstić information content (AvgIpc) is 1.92. The van der Waals surface area contributed by atoms with E-state index in [1.165, 1.54) is 13.8 Å². The second-order valence-electron chi connectivity index (χ2n) is 3.77. The van der Waals surface area contributed by atoms with Gasteiger partial charge in [0.1, 0.15) is 11.6 Å². The monoisotopic (exact) mass is 228 g/mol. The van der Waals surface area contributed by atoms with Crippen LogP contribution in [0.3, 0.4) is 0 Å². The van der Waals surface area contributed by atoms with Crippen molar-refractivity contribution in [3.05, 3.63) is 0 Å². The van der Waals surface area contributed by atoms with Crippen molar-refractivity contribution in [1.29, 1.82) is 0 Å². The predicted octanol–water partition coefficient (Wildman–Crippen LogP) is 0.358. The number of primary amides is 1. The molecule has 0 saturated carbocycles. The summed E-state index contributed by atoms with van der Waals surface area (Å²) in [5, 5.41) is 11.6. The van der Waals surface area contributed by atoms with Crippen LogP contribution in [0.15, 0.2) is 0 Å². The standard InChI is InChI=1S/C8H15F3N2O2/c1-7(2,15)13-4-3-5(6(12)14)8(9,10)11/h5,13,15H,3-4H2,1-2H3,(H2,12,14). The van der Waals surface area contributed by atoms with Crippen LogP contribution in [0.1, 0.15) is 20.3 Å². The van der Waals surface area contributed by atoms with Crippen molar-refractivity contribution in [2.24, 2.45) is 11.7 Å². The summed E-state index contributed by atoms with van der Waals surface area (Å²) in [6.07, 6.45) is -5.12. The Morgan fingerprint density at radius 1 is 1.47 bits per heavy atom. The first kappa shape index (κ1) is 14.2. The van der Waals surface area contributed by atoms with Gasteiger partial charge in [0.25, 0.3) is 0 Å². The number of carbonyl (C=O) groups excluding carboxylic acids is 1. The highest BCUT2D eigenvalue weighted by Gasteiger charge is 2.43. The molecule has 0 spiro atoms. The summed E-state index contributed by atoms with van der Waals surface area (Å²) < 4.78 is 36.6. The summed E-state index contributed by atoms with van der Waals surface area (Å²) >= 11 is 0. The van der Waals surface area contributed by atoms with Gasteiger partial charge in [0.05, 0.1) is 0 Å². The molecule has 90 valence electrons. The van der Waals surface area contributed by atoms with Gasteiger partial charge in [-0.25, -0.2) is 0 Å². The third-order valence-electron chi connectivity index (χ3n) is 1.73. The molecule has 1 atom stereocenters. The van der Waals surface area contributed by atoms with Crippen LogP contribution in [0.4, 0.5) is 13.2 Å². The maximum absolute atomic E-state index is 12.2. The Kier molecular flexibility index (Phi) is 4.54. The number of carbonyl (C=O) groups is 1. The van der Waals surface area contributed by atoms with Gasteiger partial charge >= 0.3 is 6.18 Å².